The summed E-state index contributed by atoms with van der Waals surface area (Å²) >= 11 is 0. The molecule has 0 radical (unpaired) electrons. The van der Waals surface area contributed by atoms with E-state index in [9.17, 15) is 26.4 Å². The van der Waals surface area contributed by atoms with Crippen molar-refractivity contribution >= 4 is 49.0 Å². The van der Waals surface area contributed by atoms with E-state index < -0.39 is 43.9 Å². The molecule has 0 saturated heterocycles. The summed E-state index contributed by atoms with van der Waals surface area (Å²) in [5, 5.41) is 0.640. The van der Waals surface area contributed by atoms with Crippen LogP contribution in [0, 0.1) is 19.8 Å². The first-order valence-electron chi connectivity index (χ1n) is 14.3. The highest BCUT2D eigenvalue weighted by Gasteiger charge is 2.33. The summed E-state index contributed by atoms with van der Waals surface area (Å²) in [6.07, 6.45) is 3.36. The number of carbonyl (C=O) groups is 2. The summed E-state index contributed by atoms with van der Waals surface area (Å²) in [7, 11) is -8.07. The summed E-state index contributed by atoms with van der Waals surface area (Å²) in [6, 6.07) is 17.3. The molecule has 0 fully saturated rings. The van der Waals surface area contributed by atoms with Crippen LogP contribution in [-0.2, 0) is 45.5 Å². The lowest BCUT2D eigenvalue weighted by Crippen LogP contribution is -2.41. The molecule has 0 amide bonds. The topological polar surface area (TPSA) is 138 Å². The smallest absolute Gasteiger partial charge is 0.302 e. The highest BCUT2D eigenvalue weighted by Crippen LogP contribution is 2.36. The average molecular weight is 651 g/mol. The number of esters is 2. The van der Waals surface area contributed by atoms with Crippen molar-refractivity contribution in [2.24, 2.45) is 5.92 Å². The number of nitrogens with one attached hydrogen (secondary N) is 1. The lowest BCUT2D eigenvalue weighted by atomic mass is 9.91. The summed E-state index contributed by atoms with van der Waals surface area (Å²) < 4.78 is 69.8. The zero-order chi connectivity index (χ0) is 32.5. The van der Waals surface area contributed by atoms with Crippen molar-refractivity contribution in [3.8, 4) is 0 Å². The van der Waals surface area contributed by atoms with Gasteiger partial charge in [0, 0.05) is 31.5 Å². The SMILES string of the molecule is CC(=O)OCC(COC(C)=O)C1=Cc2cccc3c2c(cn3S(=O)(=O)c2ccc(C)cc2)CC1NS(=O)(=O)c1ccc(C)cc1. The van der Waals surface area contributed by atoms with Gasteiger partial charge in [-0.25, -0.2) is 25.5 Å². The fourth-order valence-electron chi connectivity index (χ4n) is 5.44. The molecular weight excluding hydrogens is 617 g/mol. The lowest BCUT2D eigenvalue weighted by Gasteiger charge is -2.27. The van der Waals surface area contributed by atoms with Gasteiger partial charge in [-0.3, -0.25) is 9.59 Å². The Morgan fingerprint density at radius 1 is 0.844 bits per heavy atom. The molecule has 0 bridgehead atoms. The molecule has 1 N–H and O–H groups in total. The molecule has 0 aliphatic heterocycles. The maximum absolute atomic E-state index is 13.8. The van der Waals surface area contributed by atoms with Gasteiger partial charge in [0.2, 0.25) is 10.0 Å². The molecule has 1 unspecified atom stereocenters. The Labute approximate surface area is 262 Å². The summed E-state index contributed by atoms with van der Waals surface area (Å²) in [6.45, 7) is 5.90. The Bertz CT molecular complexity index is 1990. The molecule has 236 valence electrons. The van der Waals surface area contributed by atoms with Crippen molar-refractivity contribution in [2.75, 3.05) is 13.2 Å². The number of aromatic nitrogens is 1. The number of sulfonamides is 1. The second-order valence-electron chi connectivity index (χ2n) is 11.1. The number of hydrogen-bond donors (Lipinski definition) is 1. The van der Waals surface area contributed by atoms with Crippen LogP contribution in [0.2, 0.25) is 0 Å². The first-order valence-corrected chi connectivity index (χ1v) is 17.2. The van der Waals surface area contributed by atoms with Crippen LogP contribution in [-0.4, -0.2) is 52.0 Å². The van der Waals surface area contributed by atoms with Gasteiger partial charge in [0.25, 0.3) is 10.0 Å². The zero-order valence-corrected chi connectivity index (χ0v) is 26.9. The molecule has 4 aromatic rings. The van der Waals surface area contributed by atoms with Crippen molar-refractivity contribution < 1.29 is 35.9 Å². The number of hydrogen-bond acceptors (Lipinski definition) is 8. The maximum atomic E-state index is 13.8. The summed E-state index contributed by atoms with van der Waals surface area (Å²) in [5.41, 5.74) is 3.99. The first-order chi connectivity index (χ1) is 21.3. The fourth-order valence-corrected chi connectivity index (χ4v) is 8.05. The standard InChI is InChI=1S/C33H34N2O8S2/c1-21-8-12-28(13-9-21)44(38,39)34-31-17-26-18-35(45(40,41)29-14-10-22(2)11-15-29)32-7-5-6-25(33(26)32)16-30(31)27(19-42-23(3)36)20-43-24(4)37/h5-16,18,27,31,34H,17,19-20H2,1-4H3. The Balaban J connectivity index is 1.68. The van der Waals surface area contributed by atoms with E-state index in [1.54, 1.807) is 60.7 Å². The Morgan fingerprint density at radius 3 is 1.96 bits per heavy atom. The molecule has 12 heteroatoms. The molecule has 0 saturated carbocycles. The van der Waals surface area contributed by atoms with Crippen LogP contribution < -0.4 is 4.72 Å². The number of ether oxygens (including phenoxy) is 2. The van der Waals surface area contributed by atoms with Gasteiger partial charge in [-0.15, -0.1) is 0 Å². The number of benzene rings is 3. The summed E-state index contributed by atoms with van der Waals surface area (Å²) in [5.74, 6) is -1.79. The van der Waals surface area contributed by atoms with Gasteiger partial charge < -0.3 is 9.47 Å². The van der Waals surface area contributed by atoms with Gasteiger partial charge in [0.1, 0.15) is 13.2 Å². The highest BCUT2D eigenvalue weighted by molar-refractivity contribution is 7.90. The van der Waals surface area contributed by atoms with Gasteiger partial charge in [-0.05, 0) is 67.3 Å². The van der Waals surface area contributed by atoms with E-state index in [0.717, 1.165) is 11.1 Å². The monoisotopic (exact) mass is 650 g/mol. The van der Waals surface area contributed by atoms with Gasteiger partial charge in [0.05, 0.1) is 21.2 Å². The van der Waals surface area contributed by atoms with Crippen LogP contribution in [0.15, 0.2) is 88.3 Å². The third kappa shape index (κ3) is 6.87. The summed E-state index contributed by atoms with van der Waals surface area (Å²) in [4.78, 5) is 23.8. The van der Waals surface area contributed by atoms with Crippen LogP contribution in [0.1, 0.15) is 36.1 Å². The predicted molar refractivity (Wildman–Crippen MR) is 169 cm³/mol. The number of carbonyl (C=O) groups excluding carboxylic acids is 2. The minimum atomic E-state index is -4.08. The Hall–Kier alpha value is -4.26. The molecule has 5 rings (SSSR count). The van der Waals surface area contributed by atoms with Crippen molar-refractivity contribution in [1.82, 2.24) is 8.69 Å². The molecule has 1 aliphatic carbocycles. The van der Waals surface area contributed by atoms with E-state index in [-0.39, 0.29) is 29.4 Å². The molecule has 10 nitrogen and oxygen atoms in total. The van der Waals surface area contributed by atoms with Crippen LogP contribution >= 0.6 is 0 Å². The third-order valence-corrected chi connectivity index (χ3v) is 10.9. The van der Waals surface area contributed by atoms with Gasteiger partial charge in [-0.1, -0.05) is 53.6 Å². The van der Waals surface area contributed by atoms with Crippen molar-refractivity contribution in [1.29, 1.82) is 0 Å². The first kappa shape index (κ1) is 32.1. The van der Waals surface area contributed by atoms with E-state index in [0.29, 0.717) is 27.6 Å². The minimum Gasteiger partial charge on any atom is -0.465 e. The highest BCUT2D eigenvalue weighted by atomic mass is 32.2. The number of rotatable bonds is 10. The van der Waals surface area contributed by atoms with E-state index in [1.165, 1.54) is 36.1 Å². The second-order valence-corrected chi connectivity index (χ2v) is 14.7. The molecule has 1 aromatic heterocycles. The molecule has 45 heavy (non-hydrogen) atoms. The van der Waals surface area contributed by atoms with Gasteiger partial charge >= 0.3 is 11.9 Å². The maximum Gasteiger partial charge on any atom is 0.302 e. The lowest BCUT2D eigenvalue weighted by molar-refractivity contribution is -0.145. The van der Waals surface area contributed by atoms with Crippen LogP contribution in [0.4, 0.5) is 0 Å². The largest absolute Gasteiger partial charge is 0.465 e. The van der Waals surface area contributed by atoms with Crippen molar-refractivity contribution in [2.45, 2.75) is 49.9 Å². The predicted octanol–water partition coefficient (Wildman–Crippen LogP) is 4.52. The quantitative estimate of drug-likeness (QED) is 0.247. The molecule has 3 aromatic carbocycles. The Morgan fingerprint density at radius 2 is 1.40 bits per heavy atom. The molecule has 1 aliphatic rings. The minimum absolute atomic E-state index is 0.0513. The van der Waals surface area contributed by atoms with Gasteiger partial charge in [0.15, 0.2) is 0 Å². The van der Waals surface area contributed by atoms with E-state index >= 15 is 0 Å². The fraction of sp³-hybridized carbons (Fsp3) is 0.273. The number of aryl methyl sites for hydroxylation is 2. The zero-order valence-electron chi connectivity index (χ0n) is 25.3. The Kier molecular flexibility index (Phi) is 9.02. The molecule has 1 heterocycles. The van der Waals surface area contributed by atoms with Crippen LogP contribution in [0.5, 0.6) is 0 Å². The molecule has 1 atom stereocenters. The van der Waals surface area contributed by atoms with Crippen LogP contribution in [0.3, 0.4) is 0 Å². The van der Waals surface area contributed by atoms with Gasteiger partial charge in [-0.2, -0.15) is 0 Å². The number of nitrogens with zero attached hydrogens (tertiary/aromatic N) is 1. The molecular formula is C33H34N2O8S2. The van der Waals surface area contributed by atoms with E-state index in [2.05, 4.69) is 4.72 Å². The normalized spacial score (nSPS) is 15.0. The average Bonchev–Trinajstić information content (AvgIpc) is 3.28. The second kappa shape index (κ2) is 12.6. The van der Waals surface area contributed by atoms with E-state index in [1.807, 2.05) is 13.8 Å². The van der Waals surface area contributed by atoms with Crippen LogP contribution in [0.25, 0.3) is 17.0 Å². The van der Waals surface area contributed by atoms with Crippen molar-refractivity contribution in [3.05, 3.63) is 101 Å². The molecule has 0 spiro atoms. The van der Waals surface area contributed by atoms with E-state index in [4.69, 9.17) is 9.47 Å². The van der Waals surface area contributed by atoms with Crippen molar-refractivity contribution in [3.63, 3.8) is 0 Å². The third-order valence-electron chi connectivity index (χ3n) is 7.71.